The first-order valence-electron chi connectivity index (χ1n) is 8.74. The number of hydrogen-bond acceptors (Lipinski definition) is 4. The van der Waals surface area contributed by atoms with Crippen molar-refractivity contribution in [2.75, 3.05) is 12.4 Å². The zero-order valence-electron chi connectivity index (χ0n) is 14.9. The minimum absolute atomic E-state index is 0.153. The predicted octanol–water partition coefficient (Wildman–Crippen LogP) is 3.68. The summed E-state index contributed by atoms with van der Waals surface area (Å²) < 4.78 is 7.46. The van der Waals surface area contributed by atoms with Gasteiger partial charge in [-0.3, -0.25) is 4.57 Å². The second-order valence-electron chi connectivity index (χ2n) is 6.07. The van der Waals surface area contributed by atoms with E-state index in [1.165, 1.54) is 11.1 Å². The number of rotatable bonds is 9. The van der Waals surface area contributed by atoms with Gasteiger partial charge in [0.2, 0.25) is 0 Å². The van der Waals surface area contributed by atoms with Crippen LogP contribution in [0, 0.1) is 6.92 Å². The summed E-state index contributed by atoms with van der Waals surface area (Å²) in [6.07, 6.45) is 1.70. The highest BCUT2D eigenvalue weighted by Crippen LogP contribution is 2.16. The van der Waals surface area contributed by atoms with Crippen molar-refractivity contribution in [3.8, 4) is 5.75 Å². The topological polar surface area (TPSA) is 59.9 Å². The highest BCUT2D eigenvalue weighted by Gasteiger charge is 2.09. The van der Waals surface area contributed by atoms with Gasteiger partial charge in [0.25, 0.3) is 0 Å². The summed E-state index contributed by atoms with van der Waals surface area (Å²) >= 11 is 1.58. The van der Waals surface area contributed by atoms with Crippen LogP contribution in [0.4, 0.5) is 0 Å². The summed E-state index contributed by atoms with van der Waals surface area (Å²) in [6.45, 7) is 3.32. The minimum Gasteiger partial charge on any atom is -0.494 e. The van der Waals surface area contributed by atoms with Crippen molar-refractivity contribution >= 4 is 11.8 Å². The Morgan fingerprint density at radius 1 is 1.15 bits per heavy atom. The first kappa shape index (κ1) is 18.3. The highest BCUT2D eigenvalue weighted by molar-refractivity contribution is 7.99. The average Bonchev–Trinajstić information content (AvgIpc) is 3.00. The number of benzene rings is 2. The number of nitrogens with zero attached hydrogens (tertiary/aromatic N) is 2. The van der Waals surface area contributed by atoms with Crippen molar-refractivity contribution in [3.63, 3.8) is 0 Å². The fraction of sp³-hybridized carbons (Fsp3) is 0.300. The van der Waals surface area contributed by atoms with Crippen molar-refractivity contribution in [1.82, 2.24) is 14.8 Å². The van der Waals surface area contributed by atoms with Gasteiger partial charge in [-0.1, -0.05) is 54.2 Å². The number of ether oxygens (including phenoxy) is 1. The van der Waals surface area contributed by atoms with E-state index in [0.717, 1.165) is 29.5 Å². The van der Waals surface area contributed by atoms with E-state index in [1.54, 1.807) is 16.3 Å². The van der Waals surface area contributed by atoms with Crippen LogP contribution in [-0.4, -0.2) is 27.1 Å². The maximum atomic E-state index is 12.0. The van der Waals surface area contributed by atoms with E-state index in [2.05, 4.69) is 35.3 Å². The summed E-state index contributed by atoms with van der Waals surface area (Å²) in [5, 5.41) is 7.43. The Labute approximate surface area is 157 Å². The molecule has 0 aliphatic rings. The van der Waals surface area contributed by atoms with Gasteiger partial charge in [-0.2, -0.15) is 0 Å². The van der Waals surface area contributed by atoms with Gasteiger partial charge in [-0.25, -0.2) is 9.89 Å². The molecule has 0 radical (unpaired) electrons. The Kier molecular flexibility index (Phi) is 6.55. The molecule has 0 saturated heterocycles. The molecule has 3 rings (SSSR count). The zero-order valence-corrected chi connectivity index (χ0v) is 15.7. The van der Waals surface area contributed by atoms with Gasteiger partial charge in [0.05, 0.1) is 6.61 Å². The molecule has 0 unspecified atom stereocenters. The summed E-state index contributed by atoms with van der Waals surface area (Å²) in [4.78, 5) is 12.0. The largest absolute Gasteiger partial charge is 0.494 e. The molecule has 136 valence electrons. The van der Waals surface area contributed by atoms with E-state index < -0.39 is 0 Å². The van der Waals surface area contributed by atoms with Crippen LogP contribution in [0.2, 0.25) is 0 Å². The van der Waals surface area contributed by atoms with Gasteiger partial charge < -0.3 is 4.74 Å². The lowest BCUT2D eigenvalue weighted by atomic mass is 10.1. The molecule has 0 spiro atoms. The van der Waals surface area contributed by atoms with Crippen LogP contribution in [0.15, 0.2) is 64.5 Å². The Balaban J connectivity index is 1.45. The smallest absolute Gasteiger partial charge is 0.343 e. The molecule has 0 amide bonds. The molecule has 0 aliphatic heterocycles. The normalized spacial score (nSPS) is 10.8. The second-order valence-corrected chi connectivity index (χ2v) is 7.13. The first-order chi connectivity index (χ1) is 12.7. The van der Waals surface area contributed by atoms with E-state index in [4.69, 9.17) is 4.74 Å². The first-order valence-corrected chi connectivity index (χ1v) is 9.72. The molecule has 3 aromatic rings. The van der Waals surface area contributed by atoms with Crippen molar-refractivity contribution in [2.24, 2.45) is 0 Å². The van der Waals surface area contributed by atoms with Crippen LogP contribution in [-0.2, 0) is 13.0 Å². The van der Waals surface area contributed by atoms with Crippen LogP contribution in [0.5, 0.6) is 5.75 Å². The number of aromatic amines is 1. The molecule has 1 N–H and O–H groups in total. The predicted molar refractivity (Wildman–Crippen MR) is 105 cm³/mol. The third-order valence-corrected chi connectivity index (χ3v) is 5.03. The Morgan fingerprint density at radius 3 is 2.81 bits per heavy atom. The van der Waals surface area contributed by atoms with Gasteiger partial charge in [-0.15, -0.1) is 5.10 Å². The molecule has 0 bridgehead atoms. The van der Waals surface area contributed by atoms with Gasteiger partial charge >= 0.3 is 5.69 Å². The number of hydrogen-bond donors (Lipinski definition) is 1. The molecule has 26 heavy (non-hydrogen) atoms. The number of aromatic nitrogens is 3. The lowest BCUT2D eigenvalue weighted by Crippen LogP contribution is -2.19. The molecule has 0 fully saturated rings. The lowest BCUT2D eigenvalue weighted by Gasteiger charge is -2.07. The third-order valence-electron chi connectivity index (χ3n) is 3.97. The summed E-state index contributed by atoms with van der Waals surface area (Å²) in [7, 11) is 0. The van der Waals surface area contributed by atoms with Gasteiger partial charge in [0.1, 0.15) is 5.75 Å². The molecule has 0 saturated carbocycles. The average molecular weight is 369 g/mol. The minimum atomic E-state index is -0.153. The molecule has 1 heterocycles. The molecular formula is C20H23N3O2S. The fourth-order valence-electron chi connectivity index (χ4n) is 2.61. The van der Waals surface area contributed by atoms with E-state index >= 15 is 0 Å². The van der Waals surface area contributed by atoms with Gasteiger partial charge in [0, 0.05) is 12.3 Å². The molecule has 1 aromatic heterocycles. The second kappa shape index (κ2) is 9.29. The van der Waals surface area contributed by atoms with E-state index in [-0.39, 0.29) is 5.69 Å². The van der Waals surface area contributed by atoms with Crippen molar-refractivity contribution in [2.45, 2.75) is 31.5 Å². The van der Waals surface area contributed by atoms with Crippen molar-refractivity contribution in [3.05, 3.63) is 76.2 Å². The third kappa shape index (κ3) is 5.26. The quantitative estimate of drug-likeness (QED) is 0.462. The van der Waals surface area contributed by atoms with Gasteiger partial charge in [0.15, 0.2) is 5.16 Å². The van der Waals surface area contributed by atoms with Crippen LogP contribution >= 0.6 is 11.8 Å². The summed E-state index contributed by atoms with van der Waals surface area (Å²) in [5.41, 5.74) is 2.25. The summed E-state index contributed by atoms with van der Waals surface area (Å²) in [5.74, 6) is 1.75. The van der Waals surface area contributed by atoms with E-state index in [1.807, 2.05) is 36.4 Å². The number of nitrogens with one attached hydrogen (secondary N) is 1. The monoisotopic (exact) mass is 369 g/mol. The zero-order chi connectivity index (χ0) is 18.2. The Morgan fingerprint density at radius 2 is 2.00 bits per heavy atom. The molecule has 0 aliphatic carbocycles. The van der Waals surface area contributed by atoms with Crippen LogP contribution in [0.3, 0.4) is 0 Å². The van der Waals surface area contributed by atoms with Crippen LogP contribution < -0.4 is 10.4 Å². The summed E-state index contributed by atoms with van der Waals surface area (Å²) in [6, 6.07) is 18.2. The lowest BCUT2D eigenvalue weighted by molar-refractivity contribution is 0.318. The Hall–Kier alpha value is -2.47. The van der Waals surface area contributed by atoms with E-state index in [0.29, 0.717) is 13.2 Å². The maximum absolute atomic E-state index is 12.0. The molecule has 6 heteroatoms. The number of aryl methyl sites for hydroxylation is 2. The standard InChI is InChI=1S/C20H23N3O2S/c1-16-7-5-10-18(15-16)25-13-6-14-26-20-22-21-19(24)23(20)12-11-17-8-3-2-4-9-17/h2-5,7-10,15H,6,11-14H2,1H3,(H,21,24). The fourth-order valence-corrected chi connectivity index (χ4v) is 3.50. The molecule has 0 atom stereocenters. The molecule has 5 nitrogen and oxygen atoms in total. The Bertz CT molecular complexity index is 874. The van der Waals surface area contributed by atoms with Crippen LogP contribution in [0.25, 0.3) is 0 Å². The van der Waals surface area contributed by atoms with Crippen LogP contribution in [0.1, 0.15) is 17.5 Å². The maximum Gasteiger partial charge on any atom is 0.343 e. The number of H-pyrrole nitrogens is 1. The van der Waals surface area contributed by atoms with E-state index in [9.17, 15) is 4.79 Å². The molecule has 2 aromatic carbocycles. The molecular weight excluding hydrogens is 346 g/mol. The number of thioether (sulfide) groups is 1. The van der Waals surface area contributed by atoms with Crippen molar-refractivity contribution in [1.29, 1.82) is 0 Å². The highest BCUT2D eigenvalue weighted by atomic mass is 32.2. The van der Waals surface area contributed by atoms with Gasteiger partial charge in [-0.05, 0) is 43.0 Å². The SMILES string of the molecule is Cc1cccc(OCCCSc2n[nH]c(=O)n2CCc2ccccc2)c1. The van der Waals surface area contributed by atoms with Crippen molar-refractivity contribution < 1.29 is 4.74 Å².